The number of thiazole rings is 1. The van der Waals surface area contributed by atoms with Crippen LogP contribution >= 0.6 is 27.3 Å². The highest BCUT2D eigenvalue weighted by atomic mass is 79.9. The topological polar surface area (TPSA) is 89.8 Å². The molecule has 194 valence electrons. The number of amides is 1. The van der Waals surface area contributed by atoms with Crippen molar-refractivity contribution >= 4 is 56.1 Å². The van der Waals surface area contributed by atoms with Gasteiger partial charge in [0.2, 0.25) is 0 Å². The first-order chi connectivity index (χ1) is 18.9. The number of esters is 1. The lowest BCUT2D eigenvalue weighted by Gasteiger charge is -2.25. The SMILES string of the molecule is CCOC(=O)C1=C(c2ccccc2)N=c2s/c(=C3\C(=O)Nc4ccc(Br)cc43)c(=O)n2[C@@H]1c1ccc(F)cc1. The van der Waals surface area contributed by atoms with E-state index in [2.05, 4.69) is 21.2 Å². The number of carbonyl (C=O) groups excluding carboxylic acids is 2. The summed E-state index contributed by atoms with van der Waals surface area (Å²) in [6.07, 6.45) is 0. The molecule has 3 aromatic carbocycles. The average molecular weight is 604 g/mol. The van der Waals surface area contributed by atoms with Crippen LogP contribution in [0.1, 0.15) is 29.7 Å². The van der Waals surface area contributed by atoms with Crippen molar-refractivity contribution in [3.63, 3.8) is 0 Å². The molecule has 4 aromatic rings. The summed E-state index contributed by atoms with van der Waals surface area (Å²) >= 11 is 4.51. The molecule has 1 N–H and O–H groups in total. The number of hydrogen-bond acceptors (Lipinski definition) is 6. The van der Waals surface area contributed by atoms with E-state index in [0.717, 1.165) is 15.8 Å². The normalized spacial score (nSPS) is 17.3. The van der Waals surface area contributed by atoms with Crippen LogP contribution in [0.3, 0.4) is 0 Å². The van der Waals surface area contributed by atoms with Crippen LogP contribution in [0.15, 0.2) is 92.6 Å². The summed E-state index contributed by atoms with van der Waals surface area (Å²) in [6.45, 7) is 1.81. The number of carbonyl (C=O) groups is 2. The van der Waals surface area contributed by atoms with Crippen molar-refractivity contribution in [3.8, 4) is 0 Å². The first-order valence-electron chi connectivity index (χ1n) is 12.0. The van der Waals surface area contributed by atoms with E-state index < -0.39 is 29.3 Å². The number of benzene rings is 3. The van der Waals surface area contributed by atoms with Gasteiger partial charge >= 0.3 is 5.97 Å². The van der Waals surface area contributed by atoms with E-state index >= 15 is 0 Å². The molecule has 0 saturated heterocycles. The average Bonchev–Trinajstić information content (AvgIpc) is 3.43. The Hall–Kier alpha value is -4.15. The molecule has 0 unspecified atom stereocenters. The fourth-order valence-corrected chi connectivity index (χ4v) is 6.27. The monoisotopic (exact) mass is 603 g/mol. The van der Waals surface area contributed by atoms with Crippen molar-refractivity contribution in [1.29, 1.82) is 0 Å². The zero-order valence-electron chi connectivity index (χ0n) is 20.4. The molecule has 7 nitrogen and oxygen atoms in total. The summed E-state index contributed by atoms with van der Waals surface area (Å²) in [5.74, 6) is -1.50. The molecule has 0 aliphatic carbocycles. The predicted octanol–water partition coefficient (Wildman–Crippen LogP) is 4.16. The van der Waals surface area contributed by atoms with E-state index in [1.165, 1.54) is 28.8 Å². The number of anilines is 1. The molecular formula is C29H19BrFN3O4S. The van der Waals surface area contributed by atoms with Crippen LogP contribution in [0, 0.1) is 5.82 Å². The second-order valence-electron chi connectivity index (χ2n) is 8.82. The van der Waals surface area contributed by atoms with Crippen LogP contribution in [0.2, 0.25) is 0 Å². The lowest BCUT2D eigenvalue weighted by molar-refractivity contribution is -0.138. The number of aromatic nitrogens is 1. The van der Waals surface area contributed by atoms with Crippen LogP contribution in [-0.2, 0) is 14.3 Å². The Morgan fingerprint density at radius 2 is 1.85 bits per heavy atom. The molecule has 10 heteroatoms. The molecule has 0 spiro atoms. The lowest BCUT2D eigenvalue weighted by atomic mass is 9.93. The van der Waals surface area contributed by atoms with Gasteiger partial charge in [0.25, 0.3) is 11.5 Å². The van der Waals surface area contributed by atoms with Gasteiger partial charge in [0.1, 0.15) is 10.3 Å². The molecule has 6 rings (SSSR count). The van der Waals surface area contributed by atoms with Crippen molar-refractivity contribution in [2.45, 2.75) is 13.0 Å². The first kappa shape index (κ1) is 25.1. The zero-order chi connectivity index (χ0) is 27.3. The minimum absolute atomic E-state index is 0.112. The molecule has 0 radical (unpaired) electrons. The van der Waals surface area contributed by atoms with Gasteiger partial charge in [0.05, 0.1) is 29.5 Å². The maximum Gasteiger partial charge on any atom is 0.338 e. The summed E-state index contributed by atoms with van der Waals surface area (Å²) in [7, 11) is 0. The van der Waals surface area contributed by atoms with Crippen molar-refractivity contribution in [3.05, 3.63) is 125 Å². The van der Waals surface area contributed by atoms with E-state index in [-0.39, 0.29) is 22.3 Å². The third-order valence-electron chi connectivity index (χ3n) is 6.49. The Balaban J connectivity index is 1.72. The summed E-state index contributed by atoms with van der Waals surface area (Å²) < 4.78 is 21.7. The minimum atomic E-state index is -0.961. The number of hydrogen-bond donors (Lipinski definition) is 1. The highest BCUT2D eigenvalue weighted by Gasteiger charge is 2.36. The van der Waals surface area contributed by atoms with Gasteiger partial charge in [-0.3, -0.25) is 14.2 Å². The fraction of sp³-hybridized carbons (Fsp3) is 0.103. The lowest BCUT2D eigenvalue weighted by Crippen LogP contribution is -2.40. The zero-order valence-corrected chi connectivity index (χ0v) is 22.8. The smallest absolute Gasteiger partial charge is 0.338 e. The summed E-state index contributed by atoms with van der Waals surface area (Å²) in [6, 6.07) is 19.1. The van der Waals surface area contributed by atoms with Crippen molar-refractivity contribution in [2.24, 2.45) is 4.99 Å². The van der Waals surface area contributed by atoms with E-state index in [1.807, 2.05) is 30.3 Å². The molecule has 1 aromatic heterocycles. The number of nitrogens with one attached hydrogen (secondary N) is 1. The Labute approximate surface area is 233 Å². The molecule has 2 aliphatic heterocycles. The van der Waals surface area contributed by atoms with Gasteiger partial charge in [0.15, 0.2) is 4.80 Å². The third kappa shape index (κ3) is 4.25. The van der Waals surface area contributed by atoms with Gasteiger partial charge < -0.3 is 10.1 Å². The fourth-order valence-electron chi connectivity index (χ4n) is 4.82. The highest BCUT2D eigenvalue weighted by Crippen LogP contribution is 2.36. The molecule has 0 saturated carbocycles. The number of rotatable bonds is 4. The molecule has 39 heavy (non-hydrogen) atoms. The van der Waals surface area contributed by atoms with Gasteiger partial charge in [0, 0.05) is 21.3 Å². The Kier molecular flexibility index (Phi) is 6.36. The Morgan fingerprint density at radius 3 is 2.56 bits per heavy atom. The second kappa shape index (κ2) is 9.87. The number of ether oxygens (including phenoxy) is 1. The van der Waals surface area contributed by atoms with Crippen LogP contribution in [-0.4, -0.2) is 23.1 Å². The van der Waals surface area contributed by atoms with Crippen LogP contribution < -0.4 is 20.2 Å². The number of halogens is 2. The van der Waals surface area contributed by atoms with Gasteiger partial charge in [-0.05, 0) is 42.8 Å². The third-order valence-corrected chi connectivity index (χ3v) is 8.03. The number of nitrogens with zero attached hydrogens (tertiary/aromatic N) is 2. The summed E-state index contributed by atoms with van der Waals surface area (Å²) in [5.41, 5.74) is 2.58. The predicted molar refractivity (Wildman–Crippen MR) is 149 cm³/mol. The van der Waals surface area contributed by atoms with Gasteiger partial charge in [-0.15, -0.1) is 0 Å². The Bertz CT molecular complexity index is 1880. The number of fused-ring (bicyclic) bond motifs is 2. The quantitative estimate of drug-likeness (QED) is 0.355. The minimum Gasteiger partial charge on any atom is -0.463 e. The van der Waals surface area contributed by atoms with E-state index in [0.29, 0.717) is 32.9 Å². The summed E-state index contributed by atoms with van der Waals surface area (Å²) in [4.78, 5) is 45.7. The van der Waals surface area contributed by atoms with Crippen LogP contribution in [0.5, 0.6) is 0 Å². The van der Waals surface area contributed by atoms with E-state index in [1.54, 1.807) is 25.1 Å². The van der Waals surface area contributed by atoms with Crippen molar-refractivity contribution < 1.29 is 18.7 Å². The molecule has 1 atom stereocenters. The molecule has 0 fully saturated rings. The van der Waals surface area contributed by atoms with E-state index in [9.17, 15) is 18.8 Å². The van der Waals surface area contributed by atoms with Crippen LogP contribution in [0.4, 0.5) is 10.1 Å². The van der Waals surface area contributed by atoms with Crippen molar-refractivity contribution in [2.75, 3.05) is 11.9 Å². The molecule has 2 aliphatic rings. The second-order valence-corrected chi connectivity index (χ2v) is 10.7. The Morgan fingerprint density at radius 1 is 1.10 bits per heavy atom. The molecule has 1 amide bonds. The maximum atomic E-state index is 14.1. The molecular weight excluding hydrogens is 585 g/mol. The van der Waals surface area contributed by atoms with E-state index in [4.69, 9.17) is 9.73 Å². The maximum absolute atomic E-state index is 14.1. The standard InChI is InChI=1S/C29H19BrFN3O4S/c1-2-38-28(37)22-23(15-6-4-3-5-7-15)33-29-34(24(22)16-8-11-18(31)12-9-16)27(36)25(39-29)21-19-14-17(30)10-13-20(19)32-26(21)35/h3-14,24H,2H2,1H3,(H,32,35)/b25-21-/t24-/m1/s1. The van der Waals surface area contributed by atoms with Gasteiger partial charge in [-0.25, -0.2) is 14.2 Å². The van der Waals surface area contributed by atoms with Gasteiger partial charge in [-0.2, -0.15) is 0 Å². The van der Waals surface area contributed by atoms with Gasteiger partial charge in [-0.1, -0.05) is 69.7 Å². The molecule has 0 bridgehead atoms. The first-order valence-corrected chi connectivity index (χ1v) is 13.7. The largest absolute Gasteiger partial charge is 0.463 e. The summed E-state index contributed by atoms with van der Waals surface area (Å²) in [5, 5.41) is 2.81. The van der Waals surface area contributed by atoms with Crippen molar-refractivity contribution in [1.82, 2.24) is 4.57 Å². The molecule has 3 heterocycles. The van der Waals surface area contributed by atoms with Crippen LogP contribution in [0.25, 0.3) is 11.3 Å². The highest BCUT2D eigenvalue weighted by molar-refractivity contribution is 9.10.